The van der Waals surface area contributed by atoms with Crippen molar-refractivity contribution >= 4 is 16.9 Å². The molecule has 2 heterocycles. The zero-order valence-electron chi connectivity index (χ0n) is 14.3. The number of carbonyl (C=O) groups excluding carboxylic acids is 1. The number of hydrogen-bond donors (Lipinski definition) is 2. The van der Waals surface area contributed by atoms with Crippen molar-refractivity contribution in [1.82, 2.24) is 5.32 Å². The van der Waals surface area contributed by atoms with E-state index in [1.807, 2.05) is 24.3 Å². The first-order chi connectivity index (χ1) is 12.3. The average Bonchev–Trinajstić information content (AvgIpc) is 3.30. The van der Waals surface area contributed by atoms with Crippen molar-refractivity contribution in [3.05, 3.63) is 71.5 Å². The lowest BCUT2D eigenvalue weighted by Gasteiger charge is -2.12. The number of quaternary nitrogens is 1. The summed E-state index contributed by atoms with van der Waals surface area (Å²) in [5.74, 6) is 0.178. The normalized spacial score (nSPS) is 14.9. The van der Waals surface area contributed by atoms with Crippen molar-refractivity contribution in [1.29, 1.82) is 0 Å². The van der Waals surface area contributed by atoms with E-state index in [2.05, 4.69) is 29.6 Å². The largest absolute Gasteiger partial charge is 0.451 e. The van der Waals surface area contributed by atoms with E-state index < -0.39 is 0 Å². The molecule has 3 aromatic rings. The number of fused-ring (bicyclic) bond motifs is 1. The van der Waals surface area contributed by atoms with Gasteiger partial charge in [-0.25, -0.2) is 0 Å². The average molecular weight is 335 g/mol. The van der Waals surface area contributed by atoms with Crippen LogP contribution in [0.4, 0.5) is 0 Å². The number of rotatable bonds is 5. The number of amides is 1. The lowest BCUT2D eigenvalue weighted by molar-refractivity contribution is -0.901. The Labute approximate surface area is 147 Å². The number of hydrogen-bond acceptors (Lipinski definition) is 2. The summed E-state index contributed by atoms with van der Waals surface area (Å²) < 4.78 is 5.60. The van der Waals surface area contributed by atoms with E-state index in [0.717, 1.165) is 23.1 Å². The molecule has 25 heavy (non-hydrogen) atoms. The van der Waals surface area contributed by atoms with Gasteiger partial charge < -0.3 is 14.6 Å². The Kier molecular flexibility index (Phi) is 4.53. The molecule has 2 N–H and O–H groups in total. The minimum absolute atomic E-state index is 0.179. The third-order valence-electron chi connectivity index (χ3n) is 4.89. The van der Waals surface area contributed by atoms with E-state index >= 15 is 0 Å². The summed E-state index contributed by atoms with van der Waals surface area (Å²) in [7, 11) is 0. The smallest absolute Gasteiger partial charge is 0.287 e. The number of benzene rings is 2. The van der Waals surface area contributed by atoms with Gasteiger partial charge >= 0.3 is 0 Å². The monoisotopic (exact) mass is 335 g/mol. The Morgan fingerprint density at radius 1 is 1.00 bits per heavy atom. The molecule has 0 atom stereocenters. The Bertz CT molecular complexity index is 828. The SMILES string of the molecule is O=C(NCc1ccc(C[NH+]2CCCC2)cc1)c1cc2ccccc2o1. The van der Waals surface area contributed by atoms with Crippen molar-refractivity contribution in [2.45, 2.75) is 25.9 Å². The van der Waals surface area contributed by atoms with Gasteiger partial charge in [-0.1, -0.05) is 42.5 Å². The highest BCUT2D eigenvalue weighted by atomic mass is 16.3. The highest BCUT2D eigenvalue weighted by Crippen LogP contribution is 2.18. The lowest BCUT2D eigenvalue weighted by Crippen LogP contribution is -3.08. The fraction of sp³-hybridized carbons (Fsp3) is 0.286. The molecular weight excluding hydrogens is 312 g/mol. The number of nitrogens with one attached hydrogen (secondary N) is 2. The predicted molar refractivity (Wildman–Crippen MR) is 97.5 cm³/mol. The Balaban J connectivity index is 1.34. The topological polar surface area (TPSA) is 46.7 Å². The van der Waals surface area contributed by atoms with Crippen LogP contribution in [-0.2, 0) is 13.1 Å². The second-order valence-corrected chi connectivity index (χ2v) is 6.78. The van der Waals surface area contributed by atoms with Gasteiger partial charge in [0.1, 0.15) is 12.1 Å². The summed E-state index contributed by atoms with van der Waals surface area (Å²) >= 11 is 0. The Morgan fingerprint density at radius 2 is 1.72 bits per heavy atom. The van der Waals surface area contributed by atoms with E-state index in [4.69, 9.17) is 4.42 Å². The molecule has 0 aliphatic carbocycles. The maximum atomic E-state index is 12.3. The van der Waals surface area contributed by atoms with Crippen LogP contribution >= 0.6 is 0 Å². The summed E-state index contributed by atoms with van der Waals surface area (Å²) in [5, 5.41) is 3.88. The van der Waals surface area contributed by atoms with Gasteiger partial charge in [0.05, 0.1) is 13.1 Å². The van der Waals surface area contributed by atoms with Crippen LogP contribution in [0.3, 0.4) is 0 Å². The maximum Gasteiger partial charge on any atom is 0.287 e. The molecule has 1 saturated heterocycles. The molecule has 1 aliphatic heterocycles. The van der Waals surface area contributed by atoms with Crippen LogP contribution < -0.4 is 10.2 Å². The summed E-state index contributed by atoms with van der Waals surface area (Å²) in [4.78, 5) is 13.9. The molecule has 4 nitrogen and oxygen atoms in total. The minimum atomic E-state index is -0.179. The van der Waals surface area contributed by atoms with E-state index in [1.165, 1.54) is 31.5 Å². The van der Waals surface area contributed by atoms with Crippen LogP contribution in [0.25, 0.3) is 11.0 Å². The fourth-order valence-electron chi connectivity index (χ4n) is 3.48. The number of furan rings is 1. The zero-order valence-corrected chi connectivity index (χ0v) is 14.3. The molecule has 0 radical (unpaired) electrons. The highest BCUT2D eigenvalue weighted by molar-refractivity contribution is 5.95. The quantitative estimate of drug-likeness (QED) is 0.753. The van der Waals surface area contributed by atoms with Gasteiger partial charge in [-0.15, -0.1) is 0 Å². The number of likely N-dealkylation sites (tertiary alicyclic amines) is 1. The van der Waals surface area contributed by atoms with Gasteiger partial charge in [0.2, 0.25) is 0 Å². The molecule has 0 saturated carbocycles. The molecule has 1 aromatic heterocycles. The van der Waals surface area contributed by atoms with Crippen molar-refractivity contribution in [2.24, 2.45) is 0 Å². The minimum Gasteiger partial charge on any atom is -0.451 e. The van der Waals surface area contributed by atoms with E-state index in [0.29, 0.717) is 12.3 Å². The third-order valence-corrected chi connectivity index (χ3v) is 4.89. The van der Waals surface area contributed by atoms with Crippen LogP contribution in [0.15, 0.2) is 59.0 Å². The second-order valence-electron chi connectivity index (χ2n) is 6.78. The van der Waals surface area contributed by atoms with Gasteiger partial charge in [-0.05, 0) is 17.7 Å². The Hall–Kier alpha value is -2.59. The first kappa shape index (κ1) is 15.9. The lowest BCUT2D eigenvalue weighted by atomic mass is 10.1. The molecular formula is C21H23N2O2+. The van der Waals surface area contributed by atoms with Gasteiger partial charge in [-0.2, -0.15) is 0 Å². The first-order valence-electron chi connectivity index (χ1n) is 8.96. The van der Waals surface area contributed by atoms with Crippen LogP contribution in [0.5, 0.6) is 0 Å². The van der Waals surface area contributed by atoms with E-state index in [9.17, 15) is 4.79 Å². The van der Waals surface area contributed by atoms with Crippen molar-refractivity contribution < 1.29 is 14.1 Å². The number of carbonyl (C=O) groups is 1. The van der Waals surface area contributed by atoms with Crippen LogP contribution in [0.1, 0.15) is 34.5 Å². The summed E-state index contributed by atoms with van der Waals surface area (Å²) in [6.45, 7) is 4.18. The third kappa shape index (κ3) is 3.74. The van der Waals surface area contributed by atoms with Gasteiger partial charge in [0.25, 0.3) is 5.91 Å². The summed E-state index contributed by atoms with van der Waals surface area (Å²) in [5.41, 5.74) is 3.20. The van der Waals surface area contributed by atoms with Gasteiger partial charge in [0, 0.05) is 30.3 Å². The molecule has 2 aromatic carbocycles. The molecule has 1 amide bonds. The molecule has 4 rings (SSSR count). The van der Waals surface area contributed by atoms with Crippen LogP contribution in [-0.4, -0.2) is 19.0 Å². The van der Waals surface area contributed by atoms with E-state index in [-0.39, 0.29) is 5.91 Å². The Morgan fingerprint density at radius 3 is 2.48 bits per heavy atom. The second kappa shape index (κ2) is 7.11. The fourth-order valence-corrected chi connectivity index (χ4v) is 3.48. The van der Waals surface area contributed by atoms with E-state index in [1.54, 1.807) is 11.0 Å². The molecule has 1 fully saturated rings. The maximum absolute atomic E-state index is 12.3. The molecule has 128 valence electrons. The standard InChI is InChI=1S/C21H22N2O2/c24-21(20-13-18-5-1-2-6-19(18)25-20)22-14-16-7-9-17(10-8-16)15-23-11-3-4-12-23/h1-2,5-10,13H,3-4,11-12,14-15H2,(H,22,24)/p+1. The van der Waals surface area contributed by atoms with Crippen LogP contribution in [0, 0.1) is 0 Å². The molecule has 4 heteroatoms. The van der Waals surface area contributed by atoms with Crippen molar-refractivity contribution in [2.75, 3.05) is 13.1 Å². The molecule has 1 aliphatic rings. The molecule has 0 spiro atoms. The first-order valence-corrected chi connectivity index (χ1v) is 8.96. The van der Waals surface area contributed by atoms with Gasteiger partial charge in [-0.3, -0.25) is 4.79 Å². The van der Waals surface area contributed by atoms with Crippen molar-refractivity contribution in [3.63, 3.8) is 0 Å². The molecule has 0 bridgehead atoms. The molecule has 0 unspecified atom stereocenters. The predicted octanol–water partition coefficient (Wildman–Crippen LogP) is 2.54. The van der Waals surface area contributed by atoms with Crippen molar-refractivity contribution in [3.8, 4) is 0 Å². The summed E-state index contributed by atoms with van der Waals surface area (Å²) in [6, 6.07) is 18.0. The van der Waals surface area contributed by atoms with Crippen LogP contribution in [0.2, 0.25) is 0 Å². The van der Waals surface area contributed by atoms with Gasteiger partial charge in [0.15, 0.2) is 5.76 Å². The zero-order chi connectivity index (χ0) is 17.1. The summed E-state index contributed by atoms with van der Waals surface area (Å²) in [6.07, 6.45) is 2.70. The number of para-hydroxylation sites is 1. The highest BCUT2D eigenvalue weighted by Gasteiger charge is 2.15.